The summed E-state index contributed by atoms with van der Waals surface area (Å²) in [5.41, 5.74) is -0.266. The van der Waals surface area contributed by atoms with Gasteiger partial charge in [-0.3, -0.25) is 4.90 Å². The molecule has 0 radical (unpaired) electrons. The van der Waals surface area contributed by atoms with Gasteiger partial charge in [-0.2, -0.15) is 0 Å². The Morgan fingerprint density at radius 1 is 0.929 bits per heavy atom. The Bertz CT molecular complexity index is 212. The summed E-state index contributed by atoms with van der Waals surface area (Å²) >= 11 is 0. The zero-order valence-electron chi connectivity index (χ0n) is 8.91. The number of likely N-dealkylation sites (tertiary alicyclic amines) is 1. The molecule has 1 aliphatic heterocycles. The summed E-state index contributed by atoms with van der Waals surface area (Å²) in [6, 6.07) is 0.808. The van der Waals surface area contributed by atoms with E-state index in [1.807, 2.05) is 0 Å². The molecule has 0 aromatic heterocycles. The summed E-state index contributed by atoms with van der Waals surface area (Å²) in [5.74, 6) is 0.655. The molecule has 2 saturated carbocycles. The summed E-state index contributed by atoms with van der Waals surface area (Å²) in [5, 5.41) is 10.2. The van der Waals surface area contributed by atoms with E-state index in [2.05, 4.69) is 4.90 Å². The van der Waals surface area contributed by atoms with Crippen molar-refractivity contribution in [3.63, 3.8) is 0 Å². The van der Waals surface area contributed by atoms with Gasteiger partial charge >= 0.3 is 0 Å². The van der Waals surface area contributed by atoms with E-state index in [0.29, 0.717) is 5.92 Å². The highest BCUT2D eigenvalue weighted by molar-refractivity contribution is 5.06. The van der Waals surface area contributed by atoms with E-state index in [4.69, 9.17) is 0 Å². The van der Waals surface area contributed by atoms with E-state index in [1.54, 1.807) is 0 Å². The van der Waals surface area contributed by atoms with E-state index in [0.717, 1.165) is 19.1 Å². The molecule has 0 amide bonds. The highest BCUT2D eigenvalue weighted by Crippen LogP contribution is 2.45. The molecule has 0 atom stereocenters. The second-order valence-electron chi connectivity index (χ2n) is 5.57. The van der Waals surface area contributed by atoms with Gasteiger partial charge in [0.1, 0.15) is 0 Å². The molecule has 3 aliphatic rings. The molecule has 0 aromatic rings. The van der Waals surface area contributed by atoms with Crippen molar-refractivity contribution in [3.05, 3.63) is 0 Å². The molecule has 2 heteroatoms. The second kappa shape index (κ2) is 3.21. The molecule has 0 aromatic carbocycles. The minimum Gasteiger partial charge on any atom is -0.387 e. The number of aliphatic hydroxyl groups is 1. The number of hydrogen-bond donors (Lipinski definition) is 1. The quantitative estimate of drug-likeness (QED) is 0.726. The molecule has 2 aliphatic carbocycles. The molecule has 1 N–H and O–H groups in total. The van der Waals surface area contributed by atoms with Crippen LogP contribution in [-0.4, -0.2) is 34.7 Å². The van der Waals surface area contributed by atoms with Crippen LogP contribution in [0.1, 0.15) is 44.9 Å². The predicted molar refractivity (Wildman–Crippen MR) is 56.1 cm³/mol. The SMILES string of the molecule is OC1(C2CC2)CN(C2CCCCC2)C1. The van der Waals surface area contributed by atoms with Crippen LogP contribution in [-0.2, 0) is 0 Å². The van der Waals surface area contributed by atoms with E-state index in [9.17, 15) is 5.11 Å². The van der Waals surface area contributed by atoms with E-state index < -0.39 is 0 Å². The Labute approximate surface area is 86.3 Å². The Morgan fingerprint density at radius 2 is 1.57 bits per heavy atom. The third-order valence-corrected chi connectivity index (χ3v) is 4.38. The minimum absolute atomic E-state index is 0.266. The van der Waals surface area contributed by atoms with Crippen LogP contribution >= 0.6 is 0 Å². The van der Waals surface area contributed by atoms with Crippen molar-refractivity contribution in [2.45, 2.75) is 56.6 Å². The fourth-order valence-electron chi connectivity index (χ4n) is 3.24. The third kappa shape index (κ3) is 1.49. The van der Waals surface area contributed by atoms with Crippen molar-refractivity contribution in [1.29, 1.82) is 0 Å². The molecule has 1 saturated heterocycles. The lowest BCUT2D eigenvalue weighted by atomic mass is 9.84. The van der Waals surface area contributed by atoms with Crippen LogP contribution in [0.3, 0.4) is 0 Å². The normalized spacial score (nSPS) is 34.1. The molecule has 0 spiro atoms. The first kappa shape index (κ1) is 9.17. The largest absolute Gasteiger partial charge is 0.387 e. The van der Waals surface area contributed by atoms with Gasteiger partial charge < -0.3 is 5.11 Å². The zero-order chi connectivity index (χ0) is 9.60. The van der Waals surface area contributed by atoms with Crippen LogP contribution < -0.4 is 0 Å². The van der Waals surface area contributed by atoms with Gasteiger partial charge in [-0.25, -0.2) is 0 Å². The summed E-state index contributed by atoms with van der Waals surface area (Å²) < 4.78 is 0. The van der Waals surface area contributed by atoms with Crippen LogP contribution in [0.25, 0.3) is 0 Å². The maximum Gasteiger partial charge on any atom is 0.0928 e. The summed E-state index contributed by atoms with van der Waals surface area (Å²) in [6.07, 6.45) is 9.54. The Hall–Kier alpha value is -0.0800. The Balaban J connectivity index is 1.52. The molecular weight excluding hydrogens is 174 g/mol. The minimum atomic E-state index is -0.266. The maximum atomic E-state index is 10.2. The molecule has 3 rings (SSSR count). The number of nitrogens with zero attached hydrogens (tertiary/aromatic N) is 1. The highest BCUT2D eigenvalue weighted by Gasteiger charge is 2.53. The molecule has 2 nitrogen and oxygen atoms in total. The Kier molecular flexibility index (Phi) is 2.10. The average Bonchev–Trinajstić information content (AvgIpc) is 2.98. The summed E-state index contributed by atoms with van der Waals surface area (Å²) in [6.45, 7) is 1.95. The van der Waals surface area contributed by atoms with Gasteiger partial charge in [0.05, 0.1) is 5.60 Å². The van der Waals surface area contributed by atoms with Gasteiger partial charge in [0.25, 0.3) is 0 Å². The molecule has 14 heavy (non-hydrogen) atoms. The predicted octanol–water partition coefficient (Wildman–Crippen LogP) is 1.78. The first-order valence-electron chi connectivity index (χ1n) is 6.24. The van der Waals surface area contributed by atoms with E-state index in [1.165, 1.54) is 44.9 Å². The zero-order valence-corrected chi connectivity index (χ0v) is 8.91. The van der Waals surface area contributed by atoms with Gasteiger partial charge in [0.15, 0.2) is 0 Å². The first-order valence-corrected chi connectivity index (χ1v) is 6.24. The fourth-order valence-corrected chi connectivity index (χ4v) is 3.24. The lowest BCUT2D eigenvalue weighted by Gasteiger charge is -2.51. The lowest BCUT2D eigenvalue weighted by molar-refractivity contribution is -0.133. The van der Waals surface area contributed by atoms with Crippen molar-refractivity contribution < 1.29 is 5.11 Å². The van der Waals surface area contributed by atoms with Crippen LogP contribution in [0.2, 0.25) is 0 Å². The standard InChI is InChI=1S/C12H21NO/c14-12(10-6-7-10)8-13(9-12)11-4-2-1-3-5-11/h10-11,14H,1-9H2. The van der Waals surface area contributed by atoms with Crippen molar-refractivity contribution in [2.75, 3.05) is 13.1 Å². The fraction of sp³-hybridized carbons (Fsp3) is 1.00. The highest BCUT2D eigenvalue weighted by atomic mass is 16.3. The third-order valence-electron chi connectivity index (χ3n) is 4.38. The molecule has 1 heterocycles. The van der Waals surface area contributed by atoms with Gasteiger partial charge in [-0.05, 0) is 31.6 Å². The average molecular weight is 195 g/mol. The van der Waals surface area contributed by atoms with Crippen LogP contribution in [0, 0.1) is 5.92 Å². The molecule has 80 valence electrons. The Morgan fingerprint density at radius 3 is 2.14 bits per heavy atom. The topological polar surface area (TPSA) is 23.5 Å². The number of β-amino-alcohol motifs (C(OH)–C–C–N with tert-alkyl or cyclic N) is 1. The summed E-state index contributed by atoms with van der Waals surface area (Å²) in [4.78, 5) is 2.53. The van der Waals surface area contributed by atoms with Crippen LogP contribution in [0.4, 0.5) is 0 Å². The number of rotatable bonds is 2. The summed E-state index contributed by atoms with van der Waals surface area (Å²) in [7, 11) is 0. The van der Waals surface area contributed by atoms with E-state index in [-0.39, 0.29) is 5.60 Å². The van der Waals surface area contributed by atoms with Crippen LogP contribution in [0.5, 0.6) is 0 Å². The van der Waals surface area contributed by atoms with Crippen molar-refractivity contribution >= 4 is 0 Å². The monoisotopic (exact) mass is 195 g/mol. The van der Waals surface area contributed by atoms with Crippen molar-refractivity contribution in [3.8, 4) is 0 Å². The molecular formula is C12H21NO. The van der Waals surface area contributed by atoms with Gasteiger partial charge in [0.2, 0.25) is 0 Å². The van der Waals surface area contributed by atoms with Crippen LogP contribution in [0.15, 0.2) is 0 Å². The molecule has 0 bridgehead atoms. The van der Waals surface area contributed by atoms with Crippen molar-refractivity contribution in [1.82, 2.24) is 4.90 Å². The second-order valence-corrected chi connectivity index (χ2v) is 5.57. The van der Waals surface area contributed by atoms with E-state index >= 15 is 0 Å². The smallest absolute Gasteiger partial charge is 0.0928 e. The molecule has 0 unspecified atom stereocenters. The maximum absolute atomic E-state index is 10.2. The lowest BCUT2D eigenvalue weighted by Crippen LogP contribution is -2.65. The number of hydrogen-bond acceptors (Lipinski definition) is 2. The first-order chi connectivity index (χ1) is 6.78. The van der Waals surface area contributed by atoms with Crippen molar-refractivity contribution in [2.24, 2.45) is 5.92 Å². The van der Waals surface area contributed by atoms with Gasteiger partial charge in [-0.15, -0.1) is 0 Å². The van der Waals surface area contributed by atoms with Gasteiger partial charge in [-0.1, -0.05) is 19.3 Å². The molecule has 3 fully saturated rings. The van der Waals surface area contributed by atoms with Gasteiger partial charge in [0, 0.05) is 19.1 Å².